The number of anilines is 1. The van der Waals surface area contributed by atoms with Crippen LogP contribution in [0.2, 0.25) is 0 Å². The zero-order chi connectivity index (χ0) is 29.8. The molecule has 5 aromatic rings. The molecule has 9 heteroatoms. The second kappa shape index (κ2) is 12.4. The number of ether oxygens (including phenoxy) is 1. The van der Waals surface area contributed by atoms with Gasteiger partial charge in [-0.3, -0.25) is 14.9 Å². The fourth-order valence-corrected chi connectivity index (χ4v) is 5.76. The van der Waals surface area contributed by atoms with Gasteiger partial charge in [0.1, 0.15) is 6.61 Å². The van der Waals surface area contributed by atoms with Crippen molar-refractivity contribution in [3.05, 3.63) is 136 Å². The summed E-state index contributed by atoms with van der Waals surface area (Å²) in [6.45, 7) is 5.01. The topological polar surface area (TPSA) is 93.2 Å². The molecular formula is C34H33N5O4. The molecule has 43 heavy (non-hydrogen) atoms. The Kier molecular flexibility index (Phi) is 8.04. The third-order valence-corrected chi connectivity index (χ3v) is 8.12. The average molecular weight is 576 g/mol. The Morgan fingerprint density at radius 1 is 0.930 bits per heavy atom. The lowest BCUT2D eigenvalue weighted by atomic mass is 9.89. The van der Waals surface area contributed by atoms with E-state index in [1.165, 1.54) is 12.1 Å². The van der Waals surface area contributed by atoms with Gasteiger partial charge in [-0.1, -0.05) is 54.6 Å². The van der Waals surface area contributed by atoms with Crippen LogP contribution < -0.4 is 9.64 Å². The molecule has 1 aliphatic heterocycles. The van der Waals surface area contributed by atoms with Crippen LogP contribution in [0.3, 0.4) is 0 Å². The summed E-state index contributed by atoms with van der Waals surface area (Å²) >= 11 is 0. The first-order valence-electron chi connectivity index (χ1n) is 14.4. The van der Waals surface area contributed by atoms with Gasteiger partial charge in [0.15, 0.2) is 11.4 Å². The molecule has 6 rings (SSSR count). The number of amides is 1. The molecule has 1 saturated heterocycles. The highest BCUT2D eigenvalue weighted by Gasteiger charge is 2.28. The average Bonchev–Trinajstić information content (AvgIpc) is 3.48. The number of nitro benzene ring substituents is 1. The quantitative estimate of drug-likeness (QED) is 0.158. The summed E-state index contributed by atoms with van der Waals surface area (Å²) in [6, 6.07) is 28.7. The van der Waals surface area contributed by atoms with Crippen molar-refractivity contribution in [2.45, 2.75) is 25.9 Å². The number of nitro groups is 1. The summed E-state index contributed by atoms with van der Waals surface area (Å²) in [5.74, 6) is 0.582. The molecule has 0 bridgehead atoms. The largest absolute Gasteiger partial charge is 0.485 e. The lowest BCUT2D eigenvalue weighted by Gasteiger charge is -2.36. The summed E-state index contributed by atoms with van der Waals surface area (Å²) in [6.07, 6.45) is 4.15. The van der Waals surface area contributed by atoms with Crippen molar-refractivity contribution >= 4 is 22.9 Å². The zero-order valence-electron chi connectivity index (χ0n) is 24.0. The zero-order valence-corrected chi connectivity index (χ0v) is 24.0. The Hall–Kier alpha value is -5.18. The van der Waals surface area contributed by atoms with Crippen LogP contribution >= 0.6 is 0 Å². The Bertz CT molecular complexity index is 1730. The number of rotatable bonds is 9. The van der Waals surface area contributed by atoms with E-state index in [4.69, 9.17) is 9.72 Å². The van der Waals surface area contributed by atoms with Gasteiger partial charge in [0, 0.05) is 68.7 Å². The van der Waals surface area contributed by atoms with E-state index in [2.05, 4.69) is 24.0 Å². The predicted octanol–water partition coefficient (Wildman–Crippen LogP) is 6.00. The molecule has 1 aliphatic rings. The van der Waals surface area contributed by atoms with E-state index in [9.17, 15) is 14.9 Å². The number of nitrogens with zero attached hydrogens (tertiary/aromatic N) is 5. The summed E-state index contributed by atoms with van der Waals surface area (Å²) in [4.78, 5) is 33.2. The van der Waals surface area contributed by atoms with Crippen LogP contribution in [0.15, 0.2) is 103 Å². The van der Waals surface area contributed by atoms with Crippen LogP contribution in [0.25, 0.3) is 5.65 Å². The van der Waals surface area contributed by atoms with E-state index in [0.717, 1.165) is 33.7 Å². The Labute approximate surface area is 250 Å². The Balaban J connectivity index is 1.21. The summed E-state index contributed by atoms with van der Waals surface area (Å²) in [7, 11) is 0. The highest BCUT2D eigenvalue weighted by molar-refractivity contribution is 5.78. The molecule has 218 valence electrons. The van der Waals surface area contributed by atoms with Crippen LogP contribution in [-0.4, -0.2) is 51.3 Å². The van der Waals surface area contributed by atoms with Crippen LogP contribution in [0.4, 0.5) is 11.4 Å². The normalized spacial score (nSPS) is 14.1. The molecule has 0 radical (unpaired) electrons. The number of pyridine rings is 1. The molecule has 9 nitrogen and oxygen atoms in total. The number of hydrogen-bond acceptors (Lipinski definition) is 6. The first kappa shape index (κ1) is 28.0. The fourth-order valence-electron chi connectivity index (χ4n) is 5.76. The van der Waals surface area contributed by atoms with Crippen molar-refractivity contribution in [3.63, 3.8) is 0 Å². The standard InChI is InChI=1S/C34H33N5O4/c1-25-8-5-6-11-29(25)30(22-33(40)37-20-18-36(19-21-37)27-13-15-28(16-14-27)39(41)42)31-23-35-34-32(12-7-17-38(31)34)43-24-26-9-3-2-4-10-26/h2-17,23,30H,18-22,24H2,1H3. The van der Waals surface area contributed by atoms with E-state index in [-0.39, 0.29) is 17.5 Å². The van der Waals surface area contributed by atoms with Crippen LogP contribution in [0.5, 0.6) is 5.75 Å². The van der Waals surface area contributed by atoms with Gasteiger partial charge in [0.25, 0.3) is 5.69 Å². The lowest BCUT2D eigenvalue weighted by molar-refractivity contribution is -0.384. The van der Waals surface area contributed by atoms with Crippen LogP contribution in [0.1, 0.15) is 34.7 Å². The summed E-state index contributed by atoms with van der Waals surface area (Å²) in [5, 5.41) is 11.0. The molecule has 0 spiro atoms. The summed E-state index contributed by atoms with van der Waals surface area (Å²) in [5.41, 5.74) is 5.94. The van der Waals surface area contributed by atoms with Crippen LogP contribution in [-0.2, 0) is 11.4 Å². The maximum Gasteiger partial charge on any atom is 0.269 e. The van der Waals surface area contributed by atoms with Crippen molar-refractivity contribution in [2.24, 2.45) is 0 Å². The number of aryl methyl sites for hydroxylation is 1. The van der Waals surface area contributed by atoms with Gasteiger partial charge < -0.3 is 18.9 Å². The molecular weight excluding hydrogens is 542 g/mol. The fraction of sp³-hybridized carbons (Fsp3) is 0.235. The molecule has 0 saturated carbocycles. The SMILES string of the molecule is Cc1ccccc1C(CC(=O)N1CCN(c2ccc([N+](=O)[O-])cc2)CC1)c1cnc2c(OCc3ccccc3)cccn12. The van der Waals surface area contributed by atoms with Crippen molar-refractivity contribution in [1.82, 2.24) is 14.3 Å². The summed E-state index contributed by atoms with van der Waals surface area (Å²) < 4.78 is 8.21. The van der Waals surface area contributed by atoms with Gasteiger partial charge >= 0.3 is 0 Å². The number of non-ortho nitro benzene ring substituents is 1. The predicted molar refractivity (Wildman–Crippen MR) is 165 cm³/mol. The van der Waals surface area contributed by atoms with Gasteiger partial charge in [-0.2, -0.15) is 0 Å². The highest BCUT2D eigenvalue weighted by Crippen LogP contribution is 2.33. The minimum atomic E-state index is -0.395. The van der Waals surface area contributed by atoms with Gasteiger partial charge in [0.05, 0.1) is 10.6 Å². The Morgan fingerprint density at radius 3 is 2.37 bits per heavy atom. The second-order valence-electron chi connectivity index (χ2n) is 10.8. The molecule has 2 aromatic heterocycles. The minimum Gasteiger partial charge on any atom is -0.485 e. The first-order valence-corrected chi connectivity index (χ1v) is 14.4. The molecule has 3 heterocycles. The lowest BCUT2D eigenvalue weighted by Crippen LogP contribution is -2.49. The number of aromatic nitrogens is 2. The number of imidazole rings is 1. The minimum absolute atomic E-state index is 0.0714. The van der Waals surface area contributed by atoms with E-state index in [1.54, 1.807) is 12.1 Å². The van der Waals surface area contributed by atoms with Gasteiger partial charge in [-0.25, -0.2) is 4.98 Å². The third-order valence-electron chi connectivity index (χ3n) is 8.12. The second-order valence-corrected chi connectivity index (χ2v) is 10.8. The number of carbonyl (C=O) groups is 1. The highest BCUT2D eigenvalue weighted by atomic mass is 16.6. The van der Waals surface area contributed by atoms with Crippen molar-refractivity contribution < 1.29 is 14.5 Å². The van der Waals surface area contributed by atoms with Gasteiger partial charge in [-0.05, 0) is 47.9 Å². The first-order chi connectivity index (χ1) is 21.0. The van der Waals surface area contributed by atoms with Gasteiger partial charge in [-0.15, -0.1) is 0 Å². The monoisotopic (exact) mass is 575 g/mol. The van der Waals surface area contributed by atoms with E-state index in [0.29, 0.717) is 45.0 Å². The van der Waals surface area contributed by atoms with E-state index < -0.39 is 4.92 Å². The number of hydrogen-bond donors (Lipinski definition) is 0. The molecule has 1 unspecified atom stereocenters. The maximum atomic E-state index is 13.8. The number of fused-ring (bicyclic) bond motifs is 1. The number of piperazine rings is 1. The van der Waals surface area contributed by atoms with Crippen molar-refractivity contribution in [1.29, 1.82) is 0 Å². The van der Waals surface area contributed by atoms with Crippen molar-refractivity contribution in [3.8, 4) is 5.75 Å². The molecule has 3 aromatic carbocycles. The van der Waals surface area contributed by atoms with Crippen LogP contribution in [0, 0.1) is 17.0 Å². The molecule has 1 fully saturated rings. The number of benzene rings is 3. The van der Waals surface area contributed by atoms with Crippen molar-refractivity contribution in [2.75, 3.05) is 31.1 Å². The molecule has 1 amide bonds. The Morgan fingerprint density at radius 2 is 1.65 bits per heavy atom. The molecule has 1 atom stereocenters. The third kappa shape index (κ3) is 6.06. The maximum absolute atomic E-state index is 13.8. The van der Waals surface area contributed by atoms with Gasteiger partial charge in [0.2, 0.25) is 5.91 Å². The van der Waals surface area contributed by atoms with E-state index >= 15 is 0 Å². The number of carbonyl (C=O) groups excluding carboxylic acids is 1. The smallest absolute Gasteiger partial charge is 0.269 e. The van der Waals surface area contributed by atoms with E-state index in [1.807, 2.05) is 76.3 Å². The molecule has 0 aliphatic carbocycles. The molecule has 0 N–H and O–H groups in total.